The fourth-order valence-corrected chi connectivity index (χ4v) is 5.93. The highest BCUT2D eigenvalue weighted by Gasteiger charge is 2.32. The van der Waals surface area contributed by atoms with Gasteiger partial charge in [0, 0.05) is 18.8 Å². The number of amides is 1. The van der Waals surface area contributed by atoms with Gasteiger partial charge in [-0.25, -0.2) is 4.98 Å². The van der Waals surface area contributed by atoms with Crippen molar-refractivity contribution in [1.82, 2.24) is 14.3 Å². The molecule has 0 aromatic carbocycles. The quantitative estimate of drug-likeness (QED) is 0.265. The van der Waals surface area contributed by atoms with Gasteiger partial charge in [-0.05, 0) is 56.2 Å². The highest BCUT2D eigenvalue weighted by atomic mass is 32.2. The van der Waals surface area contributed by atoms with Crippen LogP contribution in [-0.4, -0.2) is 37.1 Å². The molecule has 0 bridgehead atoms. The molecule has 1 aliphatic heterocycles. The summed E-state index contributed by atoms with van der Waals surface area (Å²) in [6, 6.07) is 5.79. The van der Waals surface area contributed by atoms with Gasteiger partial charge in [-0.3, -0.25) is 18.9 Å². The number of aromatic nitrogens is 2. The standard InChI is InChI=1S/C26H34N4O2S2/c1-3-4-5-6-8-16-30-25(32)21(34-26(30)33)17-20-23(27-19-13-11-18(2)12-14-19)28-22-10-7-9-15-29(22)24(20)31/h7,9-10,15,17-19,27H,3-6,8,11-14,16H2,1-2H3/b21-17+. The van der Waals surface area contributed by atoms with Crippen LogP contribution in [0.3, 0.4) is 0 Å². The van der Waals surface area contributed by atoms with Crippen LogP contribution in [0.25, 0.3) is 11.7 Å². The van der Waals surface area contributed by atoms with Gasteiger partial charge in [-0.1, -0.05) is 69.6 Å². The van der Waals surface area contributed by atoms with Gasteiger partial charge in [0.2, 0.25) is 0 Å². The number of nitrogens with zero attached hydrogens (tertiary/aromatic N) is 3. The number of fused-ring (bicyclic) bond motifs is 1. The summed E-state index contributed by atoms with van der Waals surface area (Å²) in [5.74, 6) is 1.18. The molecule has 0 unspecified atom stereocenters. The van der Waals surface area contributed by atoms with Crippen LogP contribution < -0.4 is 10.9 Å². The Balaban J connectivity index is 1.61. The predicted octanol–water partition coefficient (Wildman–Crippen LogP) is 5.86. The third kappa shape index (κ3) is 5.71. The molecule has 0 atom stereocenters. The number of thioether (sulfide) groups is 1. The minimum atomic E-state index is -0.179. The summed E-state index contributed by atoms with van der Waals surface area (Å²) in [6.07, 6.45) is 13.5. The highest BCUT2D eigenvalue weighted by molar-refractivity contribution is 8.26. The third-order valence-electron chi connectivity index (χ3n) is 6.76. The van der Waals surface area contributed by atoms with Crippen LogP contribution in [0.15, 0.2) is 34.1 Å². The molecule has 1 saturated carbocycles. The minimum Gasteiger partial charge on any atom is -0.367 e. The lowest BCUT2D eigenvalue weighted by molar-refractivity contribution is -0.122. The summed E-state index contributed by atoms with van der Waals surface area (Å²) in [6.45, 7) is 5.11. The van der Waals surface area contributed by atoms with Crippen molar-refractivity contribution in [3.8, 4) is 0 Å². The summed E-state index contributed by atoms with van der Waals surface area (Å²) in [5, 5.41) is 3.53. The maximum absolute atomic E-state index is 13.4. The summed E-state index contributed by atoms with van der Waals surface area (Å²) in [7, 11) is 0. The number of carbonyl (C=O) groups is 1. The number of pyridine rings is 1. The van der Waals surface area contributed by atoms with Gasteiger partial charge in [0.25, 0.3) is 11.5 Å². The maximum Gasteiger partial charge on any atom is 0.267 e. The Kier molecular flexibility index (Phi) is 8.42. The Labute approximate surface area is 211 Å². The van der Waals surface area contributed by atoms with E-state index in [0.29, 0.717) is 32.8 Å². The third-order valence-corrected chi connectivity index (χ3v) is 8.14. The summed E-state index contributed by atoms with van der Waals surface area (Å²) >= 11 is 6.79. The number of thiocarbonyl (C=S) groups is 1. The first-order valence-corrected chi connectivity index (χ1v) is 13.7. The first-order chi connectivity index (χ1) is 16.5. The van der Waals surface area contributed by atoms with Gasteiger partial charge < -0.3 is 5.32 Å². The van der Waals surface area contributed by atoms with Gasteiger partial charge in [0.05, 0.1) is 10.5 Å². The van der Waals surface area contributed by atoms with Crippen molar-refractivity contribution in [3.05, 3.63) is 45.2 Å². The van der Waals surface area contributed by atoms with Crippen molar-refractivity contribution in [2.75, 3.05) is 11.9 Å². The minimum absolute atomic E-state index is 0.111. The molecule has 2 aromatic rings. The molecule has 2 fully saturated rings. The van der Waals surface area contributed by atoms with Gasteiger partial charge in [-0.2, -0.15) is 0 Å². The van der Waals surface area contributed by atoms with E-state index in [2.05, 4.69) is 19.2 Å². The smallest absolute Gasteiger partial charge is 0.267 e. The first kappa shape index (κ1) is 24.9. The molecule has 1 N–H and O–H groups in total. The second kappa shape index (κ2) is 11.5. The average Bonchev–Trinajstić information content (AvgIpc) is 3.10. The second-order valence-corrected chi connectivity index (χ2v) is 11.1. The van der Waals surface area contributed by atoms with Gasteiger partial charge in [0.15, 0.2) is 0 Å². The second-order valence-electron chi connectivity index (χ2n) is 9.46. The van der Waals surface area contributed by atoms with Crippen molar-refractivity contribution in [2.45, 2.75) is 77.7 Å². The van der Waals surface area contributed by atoms with Crippen LogP contribution in [0.1, 0.15) is 77.2 Å². The van der Waals surface area contributed by atoms with E-state index in [9.17, 15) is 9.59 Å². The van der Waals surface area contributed by atoms with E-state index in [0.717, 1.165) is 44.4 Å². The van der Waals surface area contributed by atoms with E-state index in [1.165, 1.54) is 35.4 Å². The van der Waals surface area contributed by atoms with Gasteiger partial charge in [0.1, 0.15) is 15.8 Å². The molecule has 0 spiro atoms. The van der Waals surface area contributed by atoms with Crippen LogP contribution >= 0.6 is 24.0 Å². The Bertz CT molecular complexity index is 1140. The number of rotatable bonds is 9. The Morgan fingerprint density at radius 1 is 1.15 bits per heavy atom. The van der Waals surface area contributed by atoms with Crippen molar-refractivity contribution in [3.63, 3.8) is 0 Å². The zero-order chi connectivity index (χ0) is 24.1. The molecule has 8 heteroatoms. The van der Waals surface area contributed by atoms with Crippen LogP contribution in [0.4, 0.5) is 5.82 Å². The Hall–Kier alpha value is -2.19. The predicted molar refractivity (Wildman–Crippen MR) is 145 cm³/mol. The normalized spacial score (nSPS) is 22.2. The number of anilines is 1. The number of carbonyl (C=O) groups excluding carboxylic acids is 1. The summed E-state index contributed by atoms with van der Waals surface area (Å²) < 4.78 is 2.10. The number of hydrogen-bond acceptors (Lipinski definition) is 6. The van der Waals surface area contributed by atoms with E-state index in [1.54, 1.807) is 17.2 Å². The summed E-state index contributed by atoms with van der Waals surface area (Å²) in [4.78, 5) is 33.5. The largest absolute Gasteiger partial charge is 0.367 e. The molecule has 2 aromatic heterocycles. The van der Waals surface area contributed by atoms with Crippen LogP contribution in [0.5, 0.6) is 0 Å². The lowest BCUT2D eigenvalue weighted by Crippen LogP contribution is -2.29. The highest BCUT2D eigenvalue weighted by Crippen LogP contribution is 2.34. The molecular formula is C26H34N4O2S2. The van der Waals surface area contributed by atoms with Crippen LogP contribution in [0.2, 0.25) is 0 Å². The molecule has 0 radical (unpaired) electrons. The molecule has 1 saturated heterocycles. The lowest BCUT2D eigenvalue weighted by atomic mass is 9.87. The molecular weight excluding hydrogens is 464 g/mol. The molecule has 2 aliphatic rings. The number of unbranched alkanes of at least 4 members (excludes halogenated alkanes) is 4. The molecule has 4 rings (SSSR count). The van der Waals surface area contributed by atoms with Crippen molar-refractivity contribution >= 4 is 51.7 Å². The van der Waals surface area contributed by atoms with E-state index < -0.39 is 0 Å². The molecule has 34 heavy (non-hydrogen) atoms. The van der Waals surface area contributed by atoms with Crippen molar-refractivity contribution in [2.24, 2.45) is 5.92 Å². The zero-order valence-electron chi connectivity index (χ0n) is 20.1. The van der Waals surface area contributed by atoms with E-state index in [-0.39, 0.29) is 17.5 Å². The fraction of sp³-hybridized carbons (Fsp3) is 0.538. The van der Waals surface area contributed by atoms with E-state index in [1.807, 2.05) is 18.2 Å². The molecule has 6 nitrogen and oxygen atoms in total. The molecule has 182 valence electrons. The maximum atomic E-state index is 13.4. The number of hydrogen-bond donors (Lipinski definition) is 1. The van der Waals surface area contributed by atoms with Gasteiger partial charge >= 0.3 is 0 Å². The van der Waals surface area contributed by atoms with Gasteiger partial charge in [-0.15, -0.1) is 0 Å². The Morgan fingerprint density at radius 3 is 2.68 bits per heavy atom. The van der Waals surface area contributed by atoms with Crippen molar-refractivity contribution in [1.29, 1.82) is 0 Å². The molecule has 1 aliphatic carbocycles. The number of nitrogens with one attached hydrogen (secondary N) is 1. The van der Waals surface area contributed by atoms with Crippen LogP contribution in [-0.2, 0) is 4.79 Å². The average molecular weight is 499 g/mol. The SMILES string of the molecule is CCCCCCCN1C(=O)/C(=C\c2c(NC3CCC(C)CC3)nc3ccccn3c2=O)SC1=S. The van der Waals surface area contributed by atoms with Crippen LogP contribution in [0, 0.1) is 5.92 Å². The van der Waals surface area contributed by atoms with E-state index in [4.69, 9.17) is 17.2 Å². The van der Waals surface area contributed by atoms with E-state index >= 15 is 0 Å². The summed E-state index contributed by atoms with van der Waals surface area (Å²) in [5.41, 5.74) is 0.837. The fourth-order valence-electron chi connectivity index (χ4n) is 4.64. The zero-order valence-corrected chi connectivity index (χ0v) is 21.7. The molecule has 3 heterocycles. The topological polar surface area (TPSA) is 66.7 Å². The molecule has 1 amide bonds. The lowest BCUT2D eigenvalue weighted by Gasteiger charge is -2.27. The monoisotopic (exact) mass is 498 g/mol. The first-order valence-electron chi connectivity index (χ1n) is 12.5. The Morgan fingerprint density at radius 2 is 1.91 bits per heavy atom. The van der Waals surface area contributed by atoms with Crippen molar-refractivity contribution < 1.29 is 4.79 Å².